The Hall–Kier alpha value is -0.580. The summed E-state index contributed by atoms with van der Waals surface area (Å²) < 4.78 is 5.51. The fourth-order valence-electron chi connectivity index (χ4n) is 5.46. The number of carbonyl (C=O) groups excluding carboxylic acids is 2. The van der Waals surface area contributed by atoms with E-state index in [1.54, 1.807) is 0 Å². The minimum atomic E-state index is -0.206. The van der Waals surface area contributed by atoms with E-state index in [4.69, 9.17) is 4.74 Å². The van der Waals surface area contributed by atoms with Gasteiger partial charge in [0.1, 0.15) is 0 Å². The van der Waals surface area contributed by atoms with Crippen LogP contribution in [0, 0.1) is 17.3 Å². The van der Waals surface area contributed by atoms with Gasteiger partial charge >= 0.3 is 5.97 Å². The quantitative estimate of drug-likeness (QED) is 0.561. The average Bonchev–Trinajstić information content (AvgIpc) is 2.41. The molecule has 0 aromatic carbocycles. The zero-order valence-electron chi connectivity index (χ0n) is 14.2. The summed E-state index contributed by atoms with van der Waals surface area (Å²) in [6, 6.07) is 0.123. The minimum Gasteiger partial charge on any atom is -0.456 e. The highest BCUT2D eigenvalue weighted by Gasteiger charge is 2.57. The number of esters is 1. The van der Waals surface area contributed by atoms with Crippen molar-refractivity contribution < 1.29 is 14.3 Å². The van der Waals surface area contributed by atoms with Gasteiger partial charge in [-0.3, -0.25) is 9.59 Å². The van der Waals surface area contributed by atoms with Gasteiger partial charge in [0.25, 0.3) is 5.91 Å². The predicted molar refractivity (Wildman–Crippen MR) is 92.2 cm³/mol. The molecule has 1 amide bonds. The molecule has 4 saturated carbocycles. The van der Waals surface area contributed by atoms with Crippen molar-refractivity contribution in [3.63, 3.8) is 0 Å². The monoisotopic (exact) mass is 385 g/mol. The van der Waals surface area contributed by atoms with Crippen LogP contribution in [0.4, 0.5) is 0 Å². The SMILES string of the molecule is CC[C@H](C)NC(=O)COC(=O)CC12C[C@@H]3C[C@@H](CC(Br)(C3)C1)C2. The second-order valence-electron chi connectivity index (χ2n) is 8.33. The van der Waals surface area contributed by atoms with Gasteiger partial charge in [-0.15, -0.1) is 0 Å². The van der Waals surface area contributed by atoms with Gasteiger partial charge in [0, 0.05) is 10.4 Å². The van der Waals surface area contributed by atoms with E-state index >= 15 is 0 Å². The van der Waals surface area contributed by atoms with Crippen LogP contribution < -0.4 is 5.32 Å². The van der Waals surface area contributed by atoms with Crippen molar-refractivity contribution >= 4 is 27.8 Å². The lowest BCUT2D eigenvalue weighted by Crippen LogP contribution is -2.53. The van der Waals surface area contributed by atoms with E-state index in [-0.39, 0.29) is 34.3 Å². The van der Waals surface area contributed by atoms with Crippen molar-refractivity contribution in [2.75, 3.05) is 6.61 Å². The first kappa shape index (κ1) is 17.2. The van der Waals surface area contributed by atoms with E-state index in [2.05, 4.69) is 21.2 Å². The summed E-state index contributed by atoms with van der Waals surface area (Å²) in [4.78, 5) is 24.0. The van der Waals surface area contributed by atoms with Crippen LogP contribution in [0.15, 0.2) is 0 Å². The number of hydrogen-bond donors (Lipinski definition) is 1. The first-order valence-electron chi connectivity index (χ1n) is 8.95. The van der Waals surface area contributed by atoms with Crippen LogP contribution in [0.1, 0.15) is 65.2 Å². The Morgan fingerprint density at radius 2 is 1.91 bits per heavy atom. The van der Waals surface area contributed by atoms with E-state index in [1.807, 2.05) is 13.8 Å². The van der Waals surface area contributed by atoms with E-state index < -0.39 is 0 Å². The Bertz CT molecular complexity index is 479. The second-order valence-corrected chi connectivity index (χ2v) is 10.0. The molecule has 23 heavy (non-hydrogen) atoms. The molecule has 0 aliphatic heterocycles. The molecular formula is C18H28BrNO3. The number of rotatable bonds is 6. The van der Waals surface area contributed by atoms with E-state index in [0.717, 1.165) is 37.5 Å². The molecule has 4 aliphatic carbocycles. The molecule has 0 radical (unpaired) electrons. The predicted octanol–water partition coefficient (Wildman–Crippen LogP) is 3.57. The Kier molecular flexibility index (Phi) is 4.78. The van der Waals surface area contributed by atoms with E-state index in [0.29, 0.717) is 6.42 Å². The molecule has 4 bridgehead atoms. The summed E-state index contributed by atoms with van der Waals surface area (Å²) in [7, 11) is 0. The highest BCUT2D eigenvalue weighted by Crippen LogP contribution is 2.65. The molecule has 130 valence electrons. The number of hydrogen-bond acceptors (Lipinski definition) is 3. The fraction of sp³-hybridized carbons (Fsp3) is 0.889. The standard InChI is InChI=1S/C18H28BrNO3/c1-3-12(2)20-15(21)10-23-16(22)9-17-5-13-4-14(6-17)8-18(19,7-13)11-17/h12-14H,3-11H2,1-2H3,(H,20,21)/t12-,13-,14+,17?,18?/m0/s1. The fourth-order valence-corrected chi connectivity index (χ4v) is 6.98. The maximum Gasteiger partial charge on any atom is 0.306 e. The normalized spacial score (nSPS) is 39.1. The van der Waals surface area contributed by atoms with Crippen LogP contribution in [0.5, 0.6) is 0 Å². The first-order valence-corrected chi connectivity index (χ1v) is 9.75. The molecule has 4 fully saturated rings. The van der Waals surface area contributed by atoms with Crippen LogP contribution in [-0.4, -0.2) is 28.8 Å². The lowest BCUT2D eigenvalue weighted by molar-refractivity contribution is -0.154. The number of amides is 1. The van der Waals surface area contributed by atoms with Crippen molar-refractivity contribution in [2.24, 2.45) is 17.3 Å². The molecule has 4 nitrogen and oxygen atoms in total. The van der Waals surface area contributed by atoms with Gasteiger partial charge in [0.15, 0.2) is 6.61 Å². The van der Waals surface area contributed by atoms with Gasteiger partial charge in [-0.1, -0.05) is 22.9 Å². The number of carbonyl (C=O) groups is 2. The average molecular weight is 386 g/mol. The van der Waals surface area contributed by atoms with Crippen LogP contribution in [0.25, 0.3) is 0 Å². The van der Waals surface area contributed by atoms with Crippen LogP contribution in [-0.2, 0) is 14.3 Å². The van der Waals surface area contributed by atoms with Gasteiger partial charge in [-0.25, -0.2) is 0 Å². The van der Waals surface area contributed by atoms with Crippen molar-refractivity contribution in [1.82, 2.24) is 5.32 Å². The lowest BCUT2D eigenvalue weighted by atomic mass is 9.49. The first-order chi connectivity index (χ1) is 10.8. The van der Waals surface area contributed by atoms with Gasteiger partial charge in [0.05, 0.1) is 6.42 Å². The molecule has 5 atom stereocenters. The third-order valence-electron chi connectivity index (χ3n) is 6.01. The molecule has 2 unspecified atom stereocenters. The summed E-state index contributed by atoms with van der Waals surface area (Å²) in [5, 5.41) is 2.83. The zero-order chi connectivity index (χ0) is 16.7. The van der Waals surface area contributed by atoms with Crippen molar-refractivity contribution in [2.45, 2.75) is 75.6 Å². The smallest absolute Gasteiger partial charge is 0.306 e. The van der Waals surface area contributed by atoms with Crippen LogP contribution >= 0.6 is 15.9 Å². The van der Waals surface area contributed by atoms with Gasteiger partial charge < -0.3 is 10.1 Å². The number of alkyl halides is 1. The molecule has 4 aliphatic rings. The Morgan fingerprint density at radius 3 is 2.48 bits per heavy atom. The highest BCUT2D eigenvalue weighted by molar-refractivity contribution is 9.10. The van der Waals surface area contributed by atoms with Crippen molar-refractivity contribution in [1.29, 1.82) is 0 Å². The highest BCUT2D eigenvalue weighted by atomic mass is 79.9. The Morgan fingerprint density at radius 1 is 1.26 bits per heavy atom. The molecule has 1 N–H and O–H groups in total. The Balaban J connectivity index is 1.51. The summed E-state index contributed by atoms with van der Waals surface area (Å²) in [5.41, 5.74) is 0.109. The third kappa shape index (κ3) is 3.92. The number of halogens is 1. The summed E-state index contributed by atoms with van der Waals surface area (Å²) >= 11 is 3.96. The molecule has 0 heterocycles. The largest absolute Gasteiger partial charge is 0.456 e. The second kappa shape index (κ2) is 6.38. The summed E-state index contributed by atoms with van der Waals surface area (Å²) in [5.74, 6) is 1.12. The number of ether oxygens (including phenoxy) is 1. The molecule has 5 heteroatoms. The van der Waals surface area contributed by atoms with Crippen LogP contribution in [0.3, 0.4) is 0 Å². The zero-order valence-corrected chi connectivity index (χ0v) is 15.8. The van der Waals surface area contributed by atoms with Crippen molar-refractivity contribution in [3.8, 4) is 0 Å². The topological polar surface area (TPSA) is 55.4 Å². The van der Waals surface area contributed by atoms with Crippen LogP contribution in [0.2, 0.25) is 0 Å². The Labute approximate surface area is 147 Å². The number of nitrogens with one attached hydrogen (secondary N) is 1. The molecule has 4 rings (SSSR count). The maximum atomic E-state index is 12.3. The van der Waals surface area contributed by atoms with Crippen molar-refractivity contribution in [3.05, 3.63) is 0 Å². The van der Waals surface area contributed by atoms with E-state index in [1.165, 1.54) is 19.3 Å². The van der Waals surface area contributed by atoms with Gasteiger partial charge in [-0.05, 0) is 69.1 Å². The lowest BCUT2D eigenvalue weighted by Gasteiger charge is -2.60. The van der Waals surface area contributed by atoms with Gasteiger partial charge in [0.2, 0.25) is 0 Å². The maximum absolute atomic E-state index is 12.3. The third-order valence-corrected chi connectivity index (χ3v) is 6.94. The minimum absolute atomic E-state index is 0.109. The molecule has 0 spiro atoms. The summed E-state index contributed by atoms with van der Waals surface area (Å²) in [6.07, 6.45) is 8.61. The van der Waals surface area contributed by atoms with Gasteiger partial charge in [-0.2, -0.15) is 0 Å². The molecule has 0 aromatic heterocycles. The molecular weight excluding hydrogens is 358 g/mol. The summed E-state index contributed by atoms with van der Waals surface area (Å²) in [6.45, 7) is 3.82. The molecule has 0 saturated heterocycles. The van der Waals surface area contributed by atoms with E-state index in [9.17, 15) is 9.59 Å². The molecule has 0 aromatic rings.